The summed E-state index contributed by atoms with van der Waals surface area (Å²) in [6.07, 6.45) is -3.87. The molecule has 11 heteroatoms. The topological polar surface area (TPSA) is 65.5 Å². The Morgan fingerprint density at radius 3 is 2.37 bits per heavy atom. The highest BCUT2D eigenvalue weighted by Gasteiger charge is 2.52. The number of nitrogens with one attached hydrogen (secondary N) is 1. The number of nitrogens with zero attached hydrogens (tertiary/aromatic N) is 3. The number of halogens is 5. The van der Waals surface area contributed by atoms with Crippen molar-refractivity contribution in [1.82, 2.24) is 9.88 Å². The van der Waals surface area contributed by atoms with Gasteiger partial charge in [-0.25, -0.2) is 18.5 Å². The summed E-state index contributed by atoms with van der Waals surface area (Å²) < 4.78 is 66.8. The van der Waals surface area contributed by atoms with Gasteiger partial charge in [-0.2, -0.15) is 13.2 Å². The predicted octanol–water partition coefficient (Wildman–Crippen LogP) is 5.87. The monoisotopic (exact) mass is 490 g/mol. The van der Waals surface area contributed by atoms with Crippen LogP contribution in [0.5, 0.6) is 0 Å². The van der Waals surface area contributed by atoms with Crippen LogP contribution in [0.2, 0.25) is 0 Å². The molecule has 2 heterocycles. The maximum Gasteiger partial charge on any atom is 0.433 e. The quantitative estimate of drug-likeness (QED) is 0.359. The van der Waals surface area contributed by atoms with Crippen molar-refractivity contribution in [2.45, 2.75) is 32.1 Å². The minimum Gasteiger partial charge on any atom is -0.353 e. The Morgan fingerprint density at radius 1 is 0.971 bits per heavy atom. The molecule has 4 rings (SSSR count). The van der Waals surface area contributed by atoms with Crippen molar-refractivity contribution in [3.8, 4) is 0 Å². The molecule has 1 aliphatic heterocycles. The molecule has 6 nitrogen and oxygen atoms in total. The third-order valence-electron chi connectivity index (χ3n) is 5.66. The summed E-state index contributed by atoms with van der Waals surface area (Å²) >= 11 is 0. The molecule has 0 atom stereocenters. The van der Waals surface area contributed by atoms with Crippen molar-refractivity contribution in [3.05, 3.63) is 83.7 Å². The van der Waals surface area contributed by atoms with Crippen LogP contribution < -0.4 is 10.2 Å². The highest BCUT2D eigenvalue weighted by atomic mass is 19.4. The van der Waals surface area contributed by atoms with E-state index in [2.05, 4.69) is 10.3 Å². The summed E-state index contributed by atoms with van der Waals surface area (Å²) in [5.74, 6) is -2.28. The smallest absolute Gasteiger partial charge is 0.353 e. The second kappa shape index (κ2) is 8.64. The lowest BCUT2D eigenvalue weighted by Gasteiger charge is -2.28. The Balaban J connectivity index is 1.66. The van der Waals surface area contributed by atoms with Gasteiger partial charge in [0, 0.05) is 18.0 Å². The van der Waals surface area contributed by atoms with Crippen LogP contribution in [0.1, 0.15) is 25.1 Å². The Labute approximate surface area is 197 Å². The van der Waals surface area contributed by atoms with E-state index in [0.29, 0.717) is 22.2 Å². The van der Waals surface area contributed by atoms with E-state index >= 15 is 0 Å². The first-order valence-corrected chi connectivity index (χ1v) is 10.4. The number of amides is 3. The van der Waals surface area contributed by atoms with Crippen LogP contribution in [0.4, 0.5) is 43.8 Å². The summed E-state index contributed by atoms with van der Waals surface area (Å²) in [7, 11) is 0. The summed E-state index contributed by atoms with van der Waals surface area (Å²) in [5.41, 5.74) is -1.98. The van der Waals surface area contributed by atoms with Crippen molar-refractivity contribution in [2.75, 3.05) is 10.2 Å². The Morgan fingerprint density at radius 2 is 1.69 bits per heavy atom. The summed E-state index contributed by atoms with van der Waals surface area (Å²) in [6, 6.07) is 10.6. The number of carbonyl (C=O) groups excluding carboxylic acids is 2. The average molecular weight is 490 g/mol. The number of aromatic nitrogens is 1. The molecule has 2 aromatic carbocycles. The van der Waals surface area contributed by atoms with Gasteiger partial charge in [-0.15, -0.1) is 0 Å². The largest absolute Gasteiger partial charge is 0.433 e. The number of alkyl halides is 3. The molecule has 1 saturated heterocycles. The van der Waals surface area contributed by atoms with Gasteiger partial charge >= 0.3 is 12.2 Å². The van der Waals surface area contributed by atoms with E-state index in [-0.39, 0.29) is 17.9 Å². The van der Waals surface area contributed by atoms with E-state index in [9.17, 15) is 31.5 Å². The average Bonchev–Trinajstić information content (AvgIpc) is 2.95. The molecular formula is C24H19F5N4O2. The van der Waals surface area contributed by atoms with Gasteiger partial charge in [0.2, 0.25) is 0 Å². The van der Waals surface area contributed by atoms with Crippen molar-refractivity contribution in [1.29, 1.82) is 0 Å². The number of anilines is 3. The minimum atomic E-state index is -4.75. The third-order valence-corrected chi connectivity index (χ3v) is 5.66. The molecule has 0 aliphatic carbocycles. The third kappa shape index (κ3) is 4.53. The highest BCUT2D eigenvalue weighted by Crippen LogP contribution is 2.37. The maximum absolute atomic E-state index is 14.2. The lowest BCUT2D eigenvalue weighted by molar-refractivity contribution is -0.141. The molecule has 1 fully saturated rings. The Kier molecular flexibility index (Phi) is 5.95. The fraction of sp³-hybridized carbons (Fsp3) is 0.208. The fourth-order valence-electron chi connectivity index (χ4n) is 3.73. The standard InChI is InChI=1S/C24H19F5N4O2/c1-23(2)21(34)33(16-9-10-30-20(12-16)24(27,28)29)22(35)32(23)13-14-5-3-4-6-18(14)31-19-8-7-15(25)11-17(19)26/h3-12,31H,13H2,1-2H3. The zero-order valence-corrected chi connectivity index (χ0v) is 18.5. The SMILES string of the molecule is CC1(C)C(=O)N(c2ccnc(C(F)(F)F)c2)C(=O)N1Cc1ccccc1Nc1ccc(F)cc1F. The number of imide groups is 1. The van der Waals surface area contributed by atoms with Gasteiger partial charge in [-0.1, -0.05) is 18.2 Å². The number of rotatable bonds is 5. The molecule has 0 spiro atoms. The normalized spacial score (nSPS) is 15.6. The van der Waals surface area contributed by atoms with E-state index < -0.39 is 41.0 Å². The molecule has 1 aliphatic rings. The maximum atomic E-state index is 14.2. The van der Waals surface area contributed by atoms with Gasteiger partial charge in [0.25, 0.3) is 5.91 Å². The molecule has 1 N–H and O–H groups in total. The van der Waals surface area contributed by atoms with Crippen molar-refractivity contribution >= 4 is 29.0 Å². The van der Waals surface area contributed by atoms with Gasteiger partial charge in [0.15, 0.2) is 0 Å². The highest BCUT2D eigenvalue weighted by molar-refractivity contribution is 6.22. The van der Waals surface area contributed by atoms with Crippen molar-refractivity contribution in [3.63, 3.8) is 0 Å². The number of carbonyl (C=O) groups is 2. The Bertz CT molecular complexity index is 1310. The predicted molar refractivity (Wildman–Crippen MR) is 118 cm³/mol. The van der Waals surface area contributed by atoms with Crippen LogP contribution in [0.15, 0.2) is 60.8 Å². The van der Waals surface area contributed by atoms with Gasteiger partial charge in [-0.3, -0.25) is 9.78 Å². The Hall–Kier alpha value is -4.02. The number of urea groups is 1. The first kappa shape index (κ1) is 24.1. The van der Waals surface area contributed by atoms with Crippen LogP contribution in [0.3, 0.4) is 0 Å². The number of para-hydroxylation sites is 1. The van der Waals surface area contributed by atoms with Crippen LogP contribution in [-0.4, -0.2) is 27.4 Å². The van der Waals surface area contributed by atoms with E-state index in [1.165, 1.54) is 24.8 Å². The van der Waals surface area contributed by atoms with E-state index in [1.54, 1.807) is 24.3 Å². The number of hydrogen-bond acceptors (Lipinski definition) is 4. The van der Waals surface area contributed by atoms with Gasteiger partial charge in [0.1, 0.15) is 22.9 Å². The zero-order chi connectivity index (χ0) is 25.5. The van der Waals surface area contributed by atoms with Crippen molar-refractivity contribution < 1.29 is 31.5 Å². The fourth-order valence-corrected chi connectivity index (χ4v) is 3.73. The lowest BCUT2D eigenvalue weighted by Crippen LogP contribution is -2.43. The van der Waals surface area contributed by atoms with Crippen LogP contribution in [0, 0.1) is 11.6 Å². The molecule has 0 saturated carbocycles. The molecule has 182 valence electrons. The molecule has 1 aromatic heterocycles. The number of pyridine rings is 1. The molecular weight excluding hydrogens is 471 g/mol. The lowest BCUT2D eigenvalue weighted by atomic mass is 10.0. The first-order chi connectivity index (χ1) is 16.4. The van der Waals surface area contributed by atoms with Crippen LogP contribution in [0.25, 0.3) is 0 Å². The van der Waals surface area contributed by atoms with Gasteiger partial charge < -0.3 is 10.2 Å². The van der Waals surface area contributed by atoms with Gasteiger partial charge in [0.05, 0.1) is 17.9 Å². The second-order valence-electron chi connectivity index (χ2n) is 8.37. The second-order valence-corrected chi connectivity index (χ2v) is 8.37. The van der Waals surface area contributed by atoms with Crippen LogP contribution in [-0.2, 0) is 17.5 Å². The molecule has 3 aromatic rings. The number of hydrogen-bond donors (Lipinski definition) is 1. The zero-order valence-electron chi connectivity index (χ0n) is 18.5. The molecule has 0 bridgehead atoms. The summed E-state index contributed by atoms with van der Waals surface area (Å²) in [4.78, 5) is 31.5. The molecule has 3 amide bonds. The molecule has 0 unspecified atom stereocenters. The van der Waals surface area contributed by atoms with E-state index in [1.807, 2.05) is 0 Å². The molecule has 35 heavy (non-hydrogen) atoms. The molecule has 0 radical (unpaired) electrons. The van der Waals surface area contributed by atoms with E-state index in [0.717, 1.165) is 24.4 Å². The van der Waals surface area contributed by atoms with Gasteiger partial charge in [-0.05, 0) is 49.7 Å². The van der Waals surface area contributed by atoms with E-state index in [4.69, 9.17) is 0 Å². The minimum absolute atomic E-state index is 0.0000252. The van der Waals surface area contributed by atoms with Crippen LogP contribution >= 0.6 is 0 Å². The first-order valence-electron chi connectivity index (χ1n) is 10.4. The van der Waals surface area contributed by atoms with Crippen molar-refractivity contribution in [2.24, 2.45) is 0 Å². The number of benzene rings is 2. The summed E-state index contributed by atoms with van der Waals surface area (Å²) in [5, 5.41) is 2.85. The summed E-state index contributed by atoms with van der Waals surface area (Å²) in [6.45, 7) is 2.85.